The summed E-state index contributed by atoms with van der Waals surface area (Å²) in [6, 6.07) is 13.5. The number of nitrogens with two attached hydrogens (primary N) is 1. The Kier molecular flexibility index (Phi) is 4.15. The van der Waals surface area contributed by atoms with Gasteiger partial charge in [0.25, 0.3) is 5.91 Å². The number of carbonyl (C=O) groups excluding carboxylic acids is 1. The summed E-state index contributed by atoms with van der Waals surface area (Å²) in [5, 5.41) is 0.879. The molecule has 3 aromatic rings. The van der Waals surface area contributed by atoms with Crippen LogP contribution in [0.2, 0.25) is 0 Å². The summed E-state index contributed by atoms with van der Waals surface area (Å²) in [7, 11) is 0. The highest BCUT2D eigenvalue weighted by Crippen LogP contribution is 2.26. The molecule has 1 aliphatic heterocycles. The van der Waals surface area contributed by atoms with Crippen LogP contribution in [0.15, 0.2) is 54.9 Å². The van der Waals surface area contributed by atoms with Crippen LogP contribution in [0.3, 0.4) is 0 Å². The van der Waals surface area contributed by atoms with Crippen molar-refractivity contribution in [3.05, 3.63) is 60.4 Å². The minimum atomic E-state index is 0.0315. The van der Waals surface area contributed by atoms with Gasteiger partial charge >= 0.3 is 0 Å². The first-order chi connectivity index (χ1) is 12.2. The Balaban J connectivity index is 1.82. The fourth-order valence-electron chi connectivity index (χ4n) is 3.39. The quantitative estimate of drug-likeness (QED) is 0.783. The van der Waals surface area contributed by atoms with E-state index in [1.807, 2.05) is 47.4 Å². The molecule has 1 aromatic carbocycles. The molecule has 25 heavy (non-hydrogen) atoms. The second kappa shape index (κ2) is 6.61. The molecule has 2 N–H and O–H groups in total. The number of nitrogens with zero attached hydrogens (tertiary/aromatic N) is 3. The highest BCUT2D eigenvalue weighted by atomic mass is 16.2. The van der Waals surface area contributed by atoms with Crippen LogP contribution in [-0.2, 0) is 0 Å². The van der Waals surface area contributed by atoms with E-state index in [1.54, 1.807) is 12.4 Å². The molecule has 0 spiro atoms. The number of likely N-dealkylation sites (tertiary alicyclic amines) is 1. The van der Waals surface area contributed by atoms with Gasteiger partial charge < -0.3 is 10.6 Å². The maximum absolute atomic E-state index is 13.2. The van der Waals surface area contributed by atoms with Gasteiger partial charge in [-0.25, -0.2) is 4.98 Å². The van der Waals surface area contributed by atoms with Gasteiger partial charge in [0, 0.05) is 42.5 Å². The van der Waals surface area contributed by atoms with Gasteiger partial charge in [-0.2, -0.15) is 0 Å². The summed E-state index contributed by atoms with van der Waals surface area (Å²) in [6.07, 6.45) is 5.39. The second-order valence-electron chi connectivity index (χ2n) is 6.46. The number of rotatable bonds is 2. The third kappa shape index (κ3) is 3.10. The van der Waals surface area contributed by atoms with Gasteiger partial charge in [-0.3, -0.25) is 9.78 Å². The summed E-state index contributed by atoms with van der Waals surface area (Å²) in [5.41, 5.74) is 9.30. The topological polar surface area (TPSA) is 72.1 Å². The SMILES string of the molecule is NC1CCCN(C(=O)c2cc(-c3ccncc3)nc3ccccc23)C1. The molecule has 1 atom stereocenters. The zero-order valence-electron chi connectivity index (χ0n) is 13.9. The van der Waals surface area contributed by atoms with Crippen LogP contribution >= 0.6 is 0 Å². The average molecular weight is 332 g/mol. The van der Waals surface area contributed by atoms with E-state index in [-0.39, 0.29) is 11.9 Å². The molecule has 1 saturated heterocycles. The number of piperidine rings is 1. The van der Waals surface area contributed by atoms with E-state index in [2.05, 4.69) is 4.98 Å². The molecule has 0 saturated carbocycles. The fourth-order valence-corrected chi connectivity index (χ4v) is 3.39. The Hall–Kier alpha value is -2.79. The summed E-state index contributed by atoms with van der Waals surface area (Å²) < 4.78 is 0. The number of fused-ring (bicyclic) bond motifs is 1. The smallest absolute Gasteiger partial charge is 0.254 e. The third-order valence-electron chi connectivity index (χ3n) is 4.67. The van der Waals surface area contributed by atoms with E-state index in [1.165, 1.54) is 0 Å². The molecule has 4 rings (SSSR count). The number of para-hydroxylation sites is 1. The number of benzene rings is 1. The minimum Gasteiger partial charge on any atom is -0.337 e. The lowest BCUT2D eigenvalue weighted by Crippen LogP contribution is -2.45. The molecular formula is C20H20N4O. The number of hydrogen-bond donors (Lipinski definition) is 1. The summed E-state index contributed by atoms with van der Waals surface area (Å²) in [5.74, 6) is 0.0315. The standard InChI is InChI=1S/C20H20N4O/c21-15-4-3-11-24(13-15)20(25)17-12-19(14-7-9-22-10-8-14)23-18-6-2-1-5-16(17)18/h1-2,5-10,12,15H,3-4,11,13,21H2. The molecule has 1 aliphatic rings. The number of carbonyl (C=O) groups is 1. The number of amides is 1. The largest absolute Gasteiger partial charge is 0.337 e. The zero-order chi connectivity index (χ0) is 17.2. The molecule has 2 aromatic heterocycles. The highest BCUT2D eigenvalue weighted by molar-refractivity contribution is 6.07. The van der Waals surface area contributed by atoms with Crippen LogP contribution in [0.1, 0.15) is 23.2 Å². The van der Waals surface area contributed by atoms with Crippen LogP contribution in [0.4, 0.5) is 0 Å². The van der Waals surface area contributed by atoms with Gasteiger partial charge in [-0.15, -0.1) is 0 Å². The molecule has 126 valence electrons. The van der Waals surface area contributed by atoms with E-state index in [0.29, 0.717) is 12.1 Å². The first kappa shape index (κ1) is 15.7. The Bertz CT molecular complexity index is 910. The van der Waals surface area contributed by atoms with Crippen molar-refractivity contribution in [2.75, 3.05) is 13.1 Å². The number of pyridine rings is 2. The molecule has 3 heterocycles. The van der Waals surface area contributed by atoms with Crippen molar-refractivity contribution < 1.29 is 4.79 Å². The monoisotopic (exact) mass is 332 g/mol. The normalized spacial score (nSPS) is 17.6. The molecule has 5 heteroatoms. The molecule has 1 amide bonds. The summed E-state index contributed by atoms with van der Waals surface area (Å²) in [4.78, 5) is 23.8. The van der Waals surface area contributed by atoms with Gasteiger partial charge in [0.1, 0.15) is 0 Å². The van der Waals surface area contributed by atoms with Crippen LogP contribution in [0.5, 0.6) is 0 Å². The highest BCUT2D eigenvalue weighted by Gasteiger charge is 2.24. The lowest BCUT2D eigenvalue weighted by Gasteiger charge is -2.31. The van der Waals surface area contributed by atoms with Crippen molar-refractivity contribution in [2.45, 2.75) is 18.9 Å². The predicted octanol–water partition coefficient (Wildman–Crippen LogP) is 2.86. The maximum atomic E-state index is 13.2. The Labute approximate surface area is 146 Å². The first-order valence-electron chi connectivity index (χ1n) is 8.57. The van der Waals surface area contributed by atoms with Crippen molar-refractivity contribution in [3.8, 4) is 11.3 Å². The van der Waals surface area contributed by atoms with Crippen LogP contribution < -0.4 is 5.73 Å². The maximum Gasteiger partial charge on any atom is 0.254 e. The fraction of sp³-hybridized carbons (Fsp3) is 0.250. The first-order valence-corrected chi connectivity index (χ1v) is 8.57. The minimum absolute atomic E-state index is 0.0315. The van der Waals surface area contributed by atoms with Crippen LogP contribution in [0.25, 0.3) is 22.2 Å². The van der Waals surface area contributed by atoms with Crippen molar-refractivity contribution in [1.29, 1.82) is 0 Å². The van der Waals surface area contributed by atoms with E-state index in [4.69, 9.17) is 10.7 Å². The second-order valence-corrected chi connectivity index (χ2v) is 6.46. The predicted molar refractivity (Wildman–Crippen MR) is 98.1 cm³/mol. The van der Waals surface area contributed by atoms with Gasteiger partial charge in [-0.05, 0) is 37.1 Å². The molecule has 1 unspecified atom stereocenters. The molecule has 5 nitrogen and oxygen atoms in total. The van der Waals surface area contributed by atoms with Crippen molar-refractivity contribution in [3.63, 3.8) is 0 Å². The van der Waals surface area contributed by atoms with Crippen LogP contribution in [-0.4, -0.2) is 39.9 Å². The Morgan fingerprint density at radius 2 is 1.96 bits per heavy atom. The van der Waals surface area contributed by atoms with Gasteiger partial charge in [0.15, 0.2) is 0 Å². The number of aromatic nitrogens is 2. The molecule has 1 fully saturated rings. The third-order valence-corrected chi connectivity index (χ3v) is 4.67. The van der Waals surface area contributed by atoms with Gasteiger partial charge in [0.05, 0.1) is 16.8 Å². The average Bonchev–Trinajstić information content (AvgIpc) is 2.67. The van der Waals surface area contributed by atoms with Gasteiger partial charge in [0.2, 0.25) is 0 Å². The summed E-state index contributed by atoms with van der Waals surface area (Å²) >= 11 is 0. The molecule has 0 bridgehead atoms. The molecular weight excluding hydrogens is 312 g/mol. The Morgan fingerprint density at radius 1 is 1.16 bits per heavy atom. The Morgan fingerprint density at radius 3 is 2.76 bits per heavy atom. The van der Waals surface area contributed by atoms with Gasteiger partial charge in [-0.1, -0.05) is 18.2 Å². The van der Waals surface area contributed by atoms with Crippen molar-refractivity contribution >= 4 is 16.8 Å². The lowest BCUT2D eigenvalue weighted by molar-refractivity contribution is 0.0711. The van der Waals surface area contributed by atoms with Crippen LogP contribution in [0, 0.1) is 0 Å². The van der Waals surface area contributed by atoms with E-state index in [9.17, 15) is 4.79 Å². The van der Waals surface area contributed by atoms with Crippen molar-refractivity contribution in [2.24, 2.45) is 5.73 Å². The molecule has 0 radical (unpaired) electrons. The van der Waals surface area contributed by atoms with E-state index < -0.39 is 0 Å². The zero-order valence-corrected chi connectivity index (χ0v) is 13.9. The van der Waals surface area contributed by atoms with Crippen molar-refractivity contribution in [1.82, 2.24) is 14.9 Å². The van der Waals surface area contributed by atoms with E-state index >= 15 is 0 Å². The number of hydrogen-bond acceptors (Lipinski definition) is 4. The molecule has 0 aliphatic carbocycles. The van der Waals surface area contributed by atoms with E-state index in [0.717, 1.165) is 41.5 Å². The summed E-state index contributed by atoms with van der Waals surface area (Å²) in [6.45, 7) is 1.37. The lowest BCUT2D eigenvalue weighted by atomic mass is 10.0.